The van der Waals surface area contributed by atoms with Crippen molar-refractivity contribution >= 4 is 17.4 Å². The van der Waals surface area contributed by atoms with Gasteiger partial charge in [-0.05, 0) is 25.5 Å². The molecule has 0 aromatic heterocycles. The minimum absolute atomic E-state index is 0.135. The molecule has 1 aliphatic heterocycles. The lowest BCUT2D eigenvalue weighted by molar-refractivity contribution is 0.711. The SMILES string of the molecule is CC(C)N=C1NC(=C(C#N)C#N)C2(C#N)C(c3ccccc3Cl)C12C#N. The van der Waals surface area contributed by atoms with Crippen LogP contribution in [0, 0.1) is 56.2 Å². The van der Waals surface area contributed by atoms with E-state index in [9.17, 15) is 21.0 Å². The smallest absolute Gasteiger partial charge is 0.150 e. The molecule has 3 unspecified atom stereocenters. The average Bonchev–Trinajstić information content (AvgIpc) is 3.15. The molecule has 0 spiro atoms. The van der Waals surface area contributed by atoms with E-state index in [1.807, 2.05) is 26.0 Å². The second-order valence-electron chi connectivity index (χ2n) is 6.46. The van der Waals surface area contributed by atoms with Crippen LogP contribution in [0.1, 0.15) is 25.3 Å². The zero-order valence-corrected chi connectivity index (χ0v) is 14.8. The molecule has 126 valence electrons. The maximum atomic E-state index is 10.1. The monoisotopic (exact) mass is 360 g/mol. The predicted octanol–water partition coefficient (Wildman–Crippen LogP) is 3.17. The van der Waals surface area contributed by atoms with Gasteiger partial charge in [-0.15, -0.1) is 0 Å². The first-order chi connectivity index (χ1) is 12.4. The van der Waals surface area contributed by atoms with Gasteiger partial charge in [0.25, 0.3) is 0 Å². The fourth-order valence-electron chi connectivity index (χ4n) is 3.83. The molecule has 2 aliphatic rings. The van der Waals surface area contributed by atoms with Gasteiger partial charge in [-0.3, -0.25) is 4.99 Å². The van der Waals surface area contributed by atoms with Gasteiger partial charge in [0, 0.05) is 17.0 Å². The Morgan fingerprint density at radius 3 is 2.23 bits per heavy atom. The van der Waals surface area contributed by atoms with Gasteiger partial charge in [0.1, 0.15) is 28.8 Å². The van der Waals surface area contributed by atoms with Crippen molar-refractivity contribution in [3.8, 4) is 24.3 Å². The Morgan fingerprint density at radius 2 is 1.73 bits per heavy atom. The normalized spacial score (nSPS) is 29.8. The number of halogens is 1. The van der Waals surface area contributed by atoms with E-state index in [0.717, 1.165) is 0 Å². The number of aliphatic imine (C=N–C) groups is 1. The quantitative estimate of drug-likeness (QED) is 0.812. The van der Waals surface area contributed by atoms with Gasteiger partial charge in [-0.2, -0.15) is 21.0 Å². The second kappa shape index (κ2) is 5.89. The molecule has 1 N–H and O–H groups in total. The summed E-state index contributed by atoms with van der Waals surface area (Å²) >= 11 is 6.33. The van der Waals surface area contributed by atoms with E-state index < -0.39 is 16.7 Å². The molecule has 6 nitrogen and oxygen atoms in total. The van der Waals surface area contributed by atoms with Crippen LogP contribution in [-0.2, 0) is 0 Å². The van der Waals surface area contributed by atoms with Gasteiger partial charge >= 0.3 is 0 Å². The summed E-state index contributed by atoms with van der Waals surface area (Å²) in [4.78, 5) is 4.48. The Kier molecular flexibility index (Phi) is 3.96. The van der Waals surface area contributed by atoms with Gasteiger partial charge in [0.15, 0.2) is 5.57 Å². The highest BCUT2D eigenvalue weighted by Gasteiger charge is 2.87. The average molecular weight is 361 g/mol. The molecule has 3 atom stereocenters. The highest BCUT2D eigenvalue weighted by molar-refractivity contribution is 6.31. The van der Waals surface area contributed by atoms with E-state index in [2.05, 4.69) is 22.4 Å². The zero-order valence-electron chi connectivity index (χ0n) is 14.1. The van der Waals surface area contributed by atoms with Crippen LogP contribution in [0.5, 0.6) is 0 Å². The summed E-state index contributed by atoms with van der Waals surface area (Å²) in [6, 6.07) is 14.9. The number of amidine groups is 1. The molecule has 2 fully saturated rings. The fraction of sp³-hybridized carbons (Fsp3) is 0.316. The number of hydrogen-bond donors (Lipinski definition) is 1. The van der Waals surface area contributed by atoms with Crippen LogP contribution in [0.25, 0.3) is 0 Å². The first kappa shape index (κ1) is 17.5. The summed E-state index contributed by atoms with van der Waals surface area (Å²) in [7, 11) is 0. The topological polar surface area (TPSA) is 120 Å². The Bertz CT molecular complexity index is 1010. The Balaban J connectivity index is 2.38. The fourth-order valence-corrected chi connectivity index (χ4v) is 4.08. The Morgan fingerprint density at radius 1 is 1.12 bits per heavy atom. The molecular weight excluding hydrogens is 348 g/mol. The third kappa shape index (κ3) is 1.91. The van der Waals surface area contributed by atoms with E-state index in [0.29, 0.717) is 16.4 Å². The van der Waals surface area contributed by atoms with Gasteiger partial charge < -0.3 is 5.32 Å². The first-order valence-electron chi connectivity index (χ1n) is 7.91. The summed E-state index contributed by atoms with van der Waals surface area (Å²) in [5.41, 5.74) is -2.15. The number of hydrogen-bond acceptors (Lipinski definition) is 5. The van der Waals surface area contributed by atoms with Gasteiger partial charge in [-0.25, -0.2) is 0 Å². The predicted molar refractivity (Wildman–Crippen MR) is 94.2 cm³/mol. The highest BCUT2D eigenvalue weighted by Crippen LogP contribution is 2.80. The maximum absolute atomic E-state index is 10.1. The lowest BCUT2D eigenvalue weighted by atomic mass is 9.93. The third-order valence-electron chi connectivity index (χ3n) is 4.85. The molecule has 26 heavy (non-hydrogen) atoms. The van der Waals surface area contributed by atoms with Crippen molar-refractivity contribution in [3.63, 3.8) is 0 Å². The summed E-state index contributed by atoms with van der Waals surface area (Å²) in [5.74, 6) is -0.302. The third-order valence-corrected chi connectivity index (χ3v) is 5.19. The number of nitrogens with one attached hydrogen (secondary N) is 1. The molecule has 1 saturated heterocycles. The lowest BCUT2D eigenvalue weighted by Gasteiger charge is -2.16. The van der Waals surface area contributed by atoms with Crippen molar-refractivity contribution in [2.75, 3.05) is 0 Å². The number of benzene rings is 1. The highest BCUT2D eigenvalue weighted by atomic mass is 35.5. The Hall–Kier alpha value is -3.32. The lowest BCUT2D eigenvalue weighted by Crippen LogP contribution is -2.28. The van der Waals surface area contributed by atoms with Crippen LogP contribution in [0.4, 0.5) is 0 Å². The second-order valence-corrected chi connectivity index (χ2v) is 6.87. The number of nitrogens with zero attached hydrogens (tertiary/aromatic N) is 5. The number of fused-ring (bicyclic) bond motifs is 1. The molecule has 1 aliphatic carbocycles. The molecule has 1 aromatic rings. The largest absolute Gasteiger partial charge is 0.343 e. The number of nitriles is 4. The molecular formula is C19H13ClN6. The van der Waals surface area contributed by atoms with Crippen LogP contribution in [0.15, 0.2) is 40.5 Å². The van der Waals surface area contributed by atoms with Gasteiger partial charge in [-0.1, -0.05) is 29.8 Å². The van der Waals surface area contributed by atoms with Crippen LogP contribution in [-0.4, -0.2) is 11.9 Å². The van der Waals surface area contributed by atoms with Crippen LogP contribution >= 0.6 is 11.6 Å². The molecule has 1 heterocycles. The first-order valence-corrected chi connectivity index (χ1v) is 8.29. The number of allylic oxidation sites excluding steroid dienone is 2. The molecule has 1 aromatic carbocycles. The molecule has 3 rings (SSSR count). The van der Waals surface area contributed by atoms with Crippen LogP contribution in [0.2, 0.25) is 5.02 Å². The summed E-state index contributed by atoms with van der Waals surface area (Å²) in [6.07, 6.45) is 0. The van der Waals surface area contributed by atoms with E-state index in [4.69, 9.17) is 11.6 Å². The van der Waals surface area contributed by atoms with E-state index in [1.165, 1.54) is 0 Å². The van der Waals surface area contributed by atoms with E-state index in [-0.39, 0.29) is 17.3 Å². The molecule has 1 saturated carbocycles. The number of piperidine rings is 1. The van der Waals surface area contributed by atoms with E-state index >= 15 is 0 Å². The summed E-state index contributed by atoms with van der Waals surface area (Å²) in [6.45, 7) is 3.69. The van der Waals surface area contributed by atoms with Gasteiger partial charge in [0.05, 0.1) is 17.8 Å². The molecule has 0 bridgehead atoms. The van der Waals surface area contributed by atoms with Crippen molar-refractivity contribution < 1.29 is 0 Å². The van der Waals surface area contributed by atoms with Crippen molar-refractivity contribution in [1.29, 1.82) is 21.0 Å². The standard InChI is InChI=1S/C19H13ClN6/c1-11(2)25-17-19(10-24)15(13-5-3-4-6-14(13)20)18(19,9-23)16(26-17)12(7-21)8-22/h3-6,11,15H,1-2H3,(H,25,26). The molecule has 0 amide bonds. The van der Waals surface area contributed by atoms with E-state index in [1.54, 1.807) is 24.3 Å². The summed E-state index contributed by atoms with van der Waals surface area (Å²) in [5, 5.41) is 42.1. The summed E-state index contributed by atoms with van der Waals surface area (Å²) < 4.78 is 0. The Labute approximate surface area is 156 Å². The minimum atomic E-state index is -1.39. The van der Waals surface area contributed by atoms with Crippen LogP contribution < -0.4 is 5.32 Å². The maximum Gasteiger partial charge on any atom is 0.150 e. The van der Waals surface area contributed by atoms with Crippen molar-refractivity contribution in [3.05, 3.63) is 46.1 Å². The van der Waals surface area contributed by atoms with Crippen molar-refractivity contribution in [1.82, 2.24) is 5.32 Å². The zero-order chi connectivity index (χ0) is 19.1. The minimum Gasteiger partial charge on any atom is -0.343 e. The van der Waals surface area contributed by atoms with Gasteiger partial charge in [0.2, 0.25) is 0 Å². The number of rotatable bonds is 2. The molecule has 0 radical (unpaired) electrons. The van der Waals surface area contributed by atoms with Crippen molar-refractivity contribution in [2.24, 2.45) is 15.8 Å². The van der Waals surface area contributed by atoms with Crippen molar-refractivity contribution in [2.45, 2.75) is 25.8 Å². The van der Waals surface area contributed by atoms with Crippen LogP contribution in [0.3, 0.4) is 0 Å². The molecule has 7 heteroatoms.